The fraction of sp³-hybridized carbons (Fsp3) is 0.395. The Morgan fingerprint density at radius 2 is 1.75 bits per heavy atom. The molecule has 53 heavy (non-hydrogen) atoms. The fourth-order valence-corrected chi connectivity index (χ4v) is 8.00. The number of hydrogen-bond acceptors (Lipinski definition) is 11. The first-order valence-corrected chi connectivity index (χ1v) is 19.7. The number of hydrogen-bond donors (Lipinski definition) is 3. The smallest absolute Gasteiger partial charge is 0.328 e. The van der Waals surface area contributed by atoms with Crippen molar-refractivity contribution in [3.8, 4) is 5.75 Å². The zero-order valence-electron chi connectivity index (χ0n) is 30.5. The highest BCUT2D eigenvalue weighted by molar-refractivity contribution is 7.92. The number of halogens is 1. The lowest BCUT2D eigenvalue weighted by Crippen LogP contribution is -2.50. The molecule has 0 spiro atoms. The first kappa shape index (κ1) is 38.0. The molecule has 2 fully saturated rings. The second-order valence-corrected chi connectivity index (χ2v) is 16.8. The number of carbonyl (C=O) groups excluding carboxylic acids is 2. The van der Waals surface area contributed by atoms with Gasteiger partial charge in [0.2, 0.25) is 11.9 Å². The number of benzene rings is 2. The maximum absolute atomic E-state index is 13.1. The van der Waals surface area contributed by atoms with E-state index in [2.05, 4.69) is 48.8 Å². The SMILES string of the molecule is Cc1cc(Nc2ncc(Cl)c(Nc3ccccc3S(=O)(=O)C(C)C)n2)c(OC(C)C)cc1C1CCN(Cc2ccncc2N2CCC(=O)NC2=O)CC1. The van der Waals surface area contributed by atoms with E-state index in [0.717, 1.165) is 42.7 Å². The zero-order chi connectivity index (χ0) is 37.9. The second kappa shape index (κ2) is 16.1. The van der Waals surface area contributed by atoms with E-state index < -0.39 is 21.1 Å². The molecular weight excluding hydrogens is 716 g/mol. The molecule has 280 valence electrons. The monoisotopic (exact) mass is 760 g/mol. The number of carbonyl (C=O) groups is 2. The van der Waals surface area contributed by atoms with Gasteiger partial charge in [-0.2, -0.15) is 4.98 Å². The molecule has 0 radical (unpaired) electrons. The van der Waals surface area contributed by atoms with Gasteiger partial charge in [0.25, 0.3) is 0 Å². The summed E-state index contributed by atoms with van der Waals surface area (Å²) in [5, 5.41) is 8.45. The number of urea groups is 1. The standard InChI is InChI=1S/C38H45ClN8O5S/c1-23(2)52-33-19-28(26-11-15-46(16-12-26)22-27-10-14-40-21-32(27)47-17-13-35(48)44-38(47)49)25(5)18-31(33)43-37-41-20-29(39)36(45-37)42-30-8-6-7-9-34(30)53(50,51)24(3)4/h6-10,14,18-21,23-24,26H,11-13,15-17,22H2,1-5H3,(H,44,48,49)(H2,41,42,43,45). The minimum Gasteiger partial charge on any atom is -0.489 e. The van der Waals surface area contributed by atoms with Gasteiger partial charge in [0.05, 0.1) is 45.7 Å². The molecule has 0 aliphatic carbocycles. The van der Waals surface area contributed by atoms with Gasteiger partial charge in [-0.3, -0.25) is 24.9 Å². The largest absolute Gasteiger partial charge is 0.489 e. The normalized spacial score (nSPS) is 15.9. The highest BCUT2D eigenvalue weighted by Crippen LogP contribution is 2.39. The number of likely N-dealkylation sites (tertiary alicyclic amines) is 1. The van der Waals surface area contributed by atoms with Crippen molar-refractivity contribution in [1.29, 1.82) is 0 Å². The maximum atomic E-state index is 13.1. The molecule has 2 aromatic carbocycles. The molecule has 2 aliphatic heterocycles. The molecule has 2 aliphatic rings. The van der Waals surface area contributed by atoms with E-state index in [1.165, 1.54) is 11.8 Å². The van der Waals surface area contributed by atoms with E-state index in [9.17, 15) is 18.0 Å². The van der Waals surface area contributed by atoms with Crippen molar-refractivity contribution in [2.45, 2.75) is 82.6 Å². The highest BCUT2D eigenvalue weighted by Gasteiger charge is 2.29. The van der Waals surface area contributed by atoms with Crippen molar-refractivity contribution in [3.63, 3.8) is 0 Å². The lowest BCUT2D eigenvalue weighted by Gasteiger charge is -2.34. The van der Waals surface area contributed by atoms with Gasteiger partial charge >= 0.3 is 6.03 Å². The Morgan fingerprint density at radius 3 is 2.47 bits per heavy atom. The van der Waals surface area contributed by atoms with Crippen LogP contribution in [0.25, 0.3) is 0 Å². The summed E-state index contributed by atoms with van der Waals surface area (Å²) in [6, 6.07) is 12.4. The molecule has 4 heterocycles. The summed E-state index contributed by atoms with van der Waals surface area (Å²) in [4.78, 5) is 41.7. The van der Waals surface area contributed by atoms with E-state index >= 15 is 0 Å². The van der Waals surface area contributed by atoms with E-state index in [0.29, 0.717) is 36.1 Å². The van der Waals surface area contributed by atoms with Crippen molar-refractivity contribution >= 4 is 62.2 Å². The number of piperidine rings is 1. The maximum Gasteiger partial charge on any atom is 0.328 e. The molecule has 3 amide bonds. The number of nitrogens with one attached hydrogen (secondary N) is 3. The van der Waals surface area contributed by atoms with Gasteiger partial charge < -0.3 is 15.4 Å². The number of aryl methyl sites for hydroxylation is 1. The van der Waals surface area contributed by atoms with Crippen LogP contribution in [-0.4, -0.2) is 71.2 Å². The molecule has 0 atom stereocenters. The summed E-state index contributed by atoms with van der Waals surface area (Å²) in [6.45, 7) is 12.1. The molecule has 6 rings (SSSR count). The lowest BCUT2D eigenvalue weighted by molar-refractivity contribution is -0.120. The topological polar surface area (TPSA) is 159 Å². The van der Waals surface area contributed by atoms with Crippen LogP contribution in [0.3, 0.4) is 0 Å². The third-order valence-corrected chi connectivity index (χ3v) is 11.9. The van der Waals surface area contributed by atoms with Crippen LogP contribution in [0.15, 0.2) is 66.0 Å². The average Bonchev–Trinajstić information content (AvgIpc) is 3.11. The Labute approximate surface area is 315 Å². The number of anilines is 5. The Hall–Kier alpha value is -4.79. The summed E-state index contributed by atoms with van der Waals surface area (Å²) in [5.74, 6) is 1.24. The number of aromatic nitrogens is 3. The van der Waals surface area contributed by atoms with Gasteiger partial charge in [0.15, 0.2) is 15.7 Å². The number of pyridine rings is 1. The van der Waals surface area contributed by atoms with E-state index in [4.69, 9.17) is 16.3 Å². The molecular formula is C38H45ClN8O5S. The van der Waals surface area contributed by atoms with Gasteiger partial charge in [-0.05, 0) is 113 Å². The van der Waals surface area contributed by atoms with E-state index in [-0.39, 0.29) is 40.1 Å². The van der Waals surface area contributed by atoms with Crippen LogP contribution in [-0.2, 0) is 21.2 Å². The van der Waals surface area contributed by atoms with Gasteiger partial charge in [-0.15, -0.1) is 0 Å². The van der Waals surface area contributed by atoms with Crippen molar-refractivity contribution in [2.24, 2.45) is 0 Å². The number of nitrogens with zero attached hydrogens (tertiary/aromatic N) is 5. The summed E-state index contributed by atoms with van der Waals surface area (Å²) in [7, 11) is -3.57. The number of imide groups is 1. The molecule has 2 aromatic heterocycles. The Kier molecular flexibility index (Phi) is 11.5. The van der Waals surface area contributed by atoms with Crippen LogP contribution >= 0.6 is 11.6 Å². The number of amides is 3. The molecule has 15 heteroatoms. The van der Waals surface area contributed by atoms with Gasteiger partial charge in [0, 0.05) is 25.7 Å². The van der Waals surface area contributed by atoms with Crippen LogP contribution in [0.2, 0.25) is 5.02 Å². The number of ether oxygens (including phenoxy) is 1. The molecule has 0 unspecified atom stereocenters. The number of para-hydroxylation sites is 1. The fourth-order valence-electron chi connectivity index (χ4n) is 6.66. The Morgan fingerprint density at radius 1 is 1.00 bits per heavy atom. The van der Waals surface area contributed by atoms with Gasteiger partial charge in [-0.1, -0.05) is 23.7 Å². The van der Waals surface area contributed by atoms with Gasteiger partial charge in [-0.25, -0.2) is 18.2 Å². The summed E-state index contributed by atoms with van der Waals surface area (Å²) >= 11 is 6.49. The molecule has 13 nitrogen and oxygen atoms in total. The Balaban J connectivity index is 1.18. The van der Waals surface area contributed by atoms with Crippen LogP contribution in [0.5, 0.6) is 5.75 Å². The predicted molar refractivity (Wildman–Crippen MR) is 206 cm³/mol. The van der Waals surface area contributed by atoms with E-state index in [1.807, 2.05) is 26.0 Å². The molecule has 0 saturated carbocycles. The summed E-state index contributed by atoms with van der Waals surface area (Å²) in [6.07, 6.45) is 6.94. The number of rotatable bonds is 12. The van der Waals surface area contributed by atoms with Crippen LogP contribution in [0, 0.1) is 6.92 Å². The van der Waals surface area contributed by atoms with Crippen LogP contribution < -0.4 is 25.6 Å². The van der Waals surface area contributed by atoms with Gasteiger partial charge in [0.1, 0.15) is 10.8 Å². The number of sulfone groups is 1. The highest BCUT2D eigenvalue weighted by atomic mass is 35.5. The van der Waals surface area contributed by atoms with E-state index in [1.54, 1.807) is 55.4 Å². The zero-order valence-corrected chi connectivity index (χ0v) is 32.1. The first-order valence-electron chi connectivity index (χ1n) is 17.8. The average molecular weight is 761 g/mol. The Bertz CT molecular complexity index is 2100. The van der Waals surface area contributed by atoms with Crippen LogP contribution in [0.4, 0.5) is 33.6 Å². The third kappa shape index (κ3) is 8.72. The van der Waals surface area contributed by atoms with Crippen molar-refractivity contribution in [1.82, 2.24) is 25.2 Å². The quantitative estimate of drug-likeness (QED) is 0.135. The minimum atomic E-state index is -3.57. The summed E-state index contributed by atoms with van der Waals surface area (Å²) < 4.78 is 32.4. The van der Waals surface area contributed by atoms with Crippen LogP contribution in [0.1, 0.15) is 69.6 Å². The third-order valence-electron chi connectivity index (χ3n) is 9.44. The first-order chi connectivity index (χ1) is 25.3. The minimum absolute atomic E-state index is 0.0922. The lowest BCUT2D eigenvalue weighted by atomic mass is 9.86. The van der Waals surface area contributed by atoms with Crippen molar-refractivity contribution in [3.05, 3.63) is 82.8 Å². The summed E-state index contributed by atoms with van der Waals surface area (Å²) in [5.41, 5.74) is 5.11. The van der Waals surface area contributed by atoms with Crippen molar-refractivity contribution in [2.75, 3.05) is 35.2 Å². The molecule has 0 bridgehead atoms. The molecule has 3 N–H and O–H groups in total. The molecule has 4 aromatic rings. The van der Waals surface area contributed by atoms with Crippen molar-refractivity contribution < 1.29 is 22.7 Å². The molecule has 2 saturated heterocycles. The second-order valence-electron chi connectivity index (χ2n) is 13.9. The predicted octanol–water partition coefficient (Wildman–Crippen LogP) is 7.12.